The van der Waals surface area contributed by atoms with Crippen LogP contribution in [0, 0.1) is 13.8 Å². The predicted molar refractivity (Wildman–Crippen MR) is 123 cm³/mol. The van der Waals surface area contributed by atoms with Gasteiger partial charge in [0.15, 0.2) is 0 Å². The van der Waals surface area contributed by atoms with Crippen LogP contribution in [0.15, 0.2) is 78.4 Å². The van der Waals surface area contributed by atoms with Gasteiger partial charge in [-0.25, -0.2) is 0 Å². The van der Waals surface area contributed by atoms with E-state index in [1.807, 2.05) is 74.5 Å². The van der Waals surface area contributed by atoms with Crippen molar-refractivity contribution in [3.8, 4) is 0 Å². The monoisotopic (exact) mass is 411 g/mol. The van der Waals surface area contributed by atoms with E-state index in [-0.39, 0.29) is 11.3 Å². The first-order valence-electron chi connectivity index (χ1n) is 10.4. The van der Waals surface area contributed by atoms with Gasteiger partial charge in [-0.05, 0) is 54.7 Å². The lowest BCUT2D eigenvalue weighted by Crippen LogP contribution is -2.29. The summed E-state index contributed by atoms with van der Waals surface area (Å²) in [6.07, 6.45) is 0.877. The molecule has 0 aromatic heterocycles. The molecule has 4 heteroatoms. The standard InChI is InChI=1S/C27H25NO3/c1-4-19-11-13-21(14-12-19)25(29)23-24(20-8-6-5-7-9-20)28(27(31)26(23)30)22-15-10-17(2)18(3)16-22/h5-16,24,29H,4H2,1-3H3/b25-23+. The van der Waals surface area contributed by atoms with Crippen LogP contribution in [0.2, 0.25) is 0 Å². The number of amides is 1. The fourth-order valence-corrected chi connectivity index (χ4v) is 3.98. The fraction of sp³-hybridized carbons (Fsp3) is 0.185. The van der Waals surface area contributed by atoms with Crippen molar-refractivity contribution < 1.29 is 14.7 Å². The van der Waals surface area contributed by atoms with Crippen molar-refractivity contribution in [1.82, 2.24) is 0 Å². The van der Waals surface area contributed by atoms with Crippen molar-refractivity contribution >= 4 is 23.1 Å². The molecule has 1 heterocycles. The molecule has 3 aromatic rings. The molecule has 1 saturated heterocycles. The third-order valence-electron chi connectivity index (χ3n) is 5.96. The average molecular weight is 412 g/mol. The number of aliphatic hydroxyl groups excluding tert-OH is 1. The van der Waals surface area contributed by atoms with E-state index in [0.717, 1.165) is 28.7 Å². The highest BCUT2D eigenvalue weighted by Gasteiger charge is 2.46. The Morgan fingerprint density at radius 3 is 2.19 bits per heavy atom. The summed E-state index contributed by atoms with van der Waals surface area (Å²) < 4.78 is 0. The quantitative estimate of drug-likeness (QED) is 0.351. The van der Waals surface area contributed by atoms with Crippen molar-refractivity contribution in [1.29, 1.82) is 0 Å². The molecule has 0 radical (unpaired) electrons. The van der Waals surface area contributed by atoms with Crippen LogP contribution in [0.25, 0.3) is 5.76 Å². The predicted octanol–water partition coefficient (Wildman–Crippen LogP) is 5.49. The number of Topliss-reactive ketones (excluding diaryl/α,β-unsaturated/α-hetero) is 1. The molecule has 1 amide bonds. The van der Waals surface area contributed by atoms with E-state index in [9.17, 15) is 14.7 Å². The molecule has 1 N–H and O–H groups in total. The second-order valence-corrected chi connectivity index (χ2v) is 7.90. The lowest BCUT2D eigenvalue weighted by molar-refractivity contribution is -0.132. The maximum Gasteiger partial charge on any atom is 0.300 e. The van der Waals surface area contributed by atoms with Crippen molar-refractivity contribution in [2.75, 3.05) is 4.90 Å². The van der Waals surface area contributed by atoms with Gasteiger partial charge in [-0.15, -0.1) is 0 Å². The number of benzene rings is 3. The molecule has 0 bridgehead atoms. The van der Waals surface area contributed by atoms with E-state index in [1.165, 1.54) is 4.90 Å². The largest absolute Gasteiger partial charge is 0.507 e. The van der Waals surface area contributed by atoms with Crippen LogP contribution in [0.1, 0.15) is 40.8 Å². The van der Waals surface area contributed by atoms with Crippen LogP contribution in [0.4, 0.5) is 5.69 Å². The Hall–Kier alpha value is -3.66. The number of ketones is 1. The minimum Gasteiger partial charge on any atom is -0.507 e. The molecule has 1 aliphatic rings. The zero-order valence-electron chi connectivity index (χ0n) is 17.9. The SMILES string of the molecule is CCc1ccc(/C(O)=C2\C(=O)C(=O)N(c3ccc(C)c(C)c3)C2c2ccccc2)cc1. The van der Waals surface area contributed by atoms with E-state index in [1.54, 1.807) is 12.1 Å². The van der Waals surface area contributed by atoms with E-state index < -0.39 is 17.7 Å². The van der Waals surface area contributed by atoms with Gasteiger partial charge in [0, 0.05) is 11.3 Å². The molecule has 0 saturated carbocycles. The summed E-state index contributed by atoms with van der Waals surface area (Å²) >= 11 is 0. The van der Waals surface area contributed by atoms with Gasteiger partial charge in [0.25, 0.3) is 11.7 Å². The van der Waals surface area contributed by atoms with Gasteiger partial charge in [-0.2, -0.15) is 0 Å². The fourth-order valence-electron chi connectivity index (χ4n) is 3.98. The third kappa shape index (κ3) is 3.66. The van der Waals surface area contributed by atoms with Gasteiger partial charge in [-0.3, -0.25) is 14.5 Å². The number of aliphatic hydroxyl groups is 1. The van der Waals surface area contributed by atoms with Gasteiger partial charge in [0.05, 0.1) is 11.6 Å². The average Bonchev–Trinajstić information content (AvgIpc) is 3.06. The number of nitrogens with zero attached hydrogens (tertiary/aromatic N) is 1. The van der Waals surface area contributed by atoms with Gasteiger partial charge in [0.2, 0.25) is 0 Å². The van der Waals surface area contributed by atoms with E-state index in [2.05, 4.69) is 6.92 Å². The summed E-state index contributed by atoms with van der Waals surface area (Å²) in [6.45, 7) is 6.03. The molecular weight excluding hydrogens is 386 g/mol. The third-order valence-corrected chi connectivity index (χ3v) is 5.96. The Bertz CT molecular complexity index is 1180. The molecule has 156 valence electrons. The summed E-state index contributed by atoms with van der Waals surface area (Å²) in [7, 11) is 0. The highest BCUT2D eigenvalue weighted by Crippen LogP contribution is 2.42. The maximum atomic E-state index is 13.2. The van der Waals surface area contributed by atoms with Gasteiger partial charge in [-0.1, -0.05) is 67.6 Å². The van der Waals surface area contributed by atoms with Crippen LogP contribution in [-0.2, 0) is 16.0 Å². The lowest BCUT2D eigenvalue weighted by atomic mass is 9.94. The van der Waals surface area contributed by atoms with E-state index in [4.69, 9.17) is 0 Å². The Morgan fingerprint density at radius 2 is 1.58 bits per heavy atom. The zero-order valence-corrected chi connectivity index (χ0v) is 17.9. The normalized spacial score (nSPS) is 17.9. The molecule has 3 aromatic carbocycles. The molecule has 1 atom stereocenters. The maximum absolute atomic E-state index is 13.2. The Morgan fingerprint density at radius 1 is 0.903 bits per heavy atom. The second kappa shape index (κ2) is 8.23. The number of carbonyl (C=O) groups is 2. The summed E-state index contributed by atoms with van der Waals surface area (Å²) in [5.41, 5.74) is 5.31. The van der Waals surface area contributed by atoms with Crippen LogP contribution in [-0.4, -0.2) is 16.8 Å². The van der Waals surface area contributed by atoms with E-state index in [0.29, 0.717) is 11.3 Å². The van der Waals surface area contributed by atoms with Crippen molar-refractivity contribution in [3.63, 3.8) is 0 Å². The molecule has 0 aliphatic carbocycles. The van der Waals surface area contributed by atoms with Crippen LogP contribution >= 0.6 is 0 Å². The van der Waals surface area contributed by atoms with Crippen LogP contribution in [0.5, 0.6) is 0 Å². The van der Waals surface area contributed by atoms with Crippen molar-refractivity contribution in [3.05, 3.63) is 106 Å². The van der Waals surface area contributed by atoms with Gasteiger partial charge in [0.1, 0.15) is 5.76 Å². The molecule has 4 nitrogen and oxygen atoms in total. The highest BCUT2D eigenvalue weighted by molar-refractivity contribution is 6.51. The Balaban J connectivity index is 1.92. The molecule has 1 unspecified atom stereocenters. The first-order chi connectivity index (χ1) is 14.9. The van der Waals surface area contributed by atoms with Gasteiger partial charge >= 0.3 is 0 Å². The smallest absolute Gasteiger partial charge is 0.300 e. The first-order valence-corrected chi connectivity index (χ1v) is 10.4. The number of anilines is 1. The Kier molecular flexibility index (Phi) is 5.47. The number of rotatable bonds is 4. The number of carbonyl (C=O) groups excluding carboxylic acids is 2. The first kappa shape index (κ1) is 20.6. The van der Waals surface area contributed by atoms with Crippen molar-refractivity contribution in [2.24, 2.45) is 0 Å². The molecule has 0 spiro atoms. The van der Waals surface area contributed by atoms with E-state index >= 15 is 0 Å². The lowest BCUT2D eigenvalue weighted by Gasteiger charge is -2.26. The second-order valence-electron chi connectivity index (χ2n) is 7.90. The minimum absolute atomic E-state index is 0.110. The van der Waals surface area contributed by atoms with Crippen LogP contribution < -0.4 is 4.90 Å². The minimum atomic E-state index is -0.700. The number of hydrogen-bond acceptors (Lipinski definition) is 3. The molecular formula is C27H25NO3. The van der Waals surface area contributed by atoms with Gasteiger partial charge < -0.3 is 5.11 Å². The summed E-state index contributed by atoms with van der Waals surface area (Å²) in [6, 6.07) is 21.8. The van der Waals surface area contributed by atoms with Crippen LogP contribution in [0.3, 0.4) is 0 Å². The molecule has 1 aliphatic heterocycles. The van der Waals surface area contributed by atoms with Crippen molar-refractivity contribution in [2.45, 2.75) is 33.2 Å². The number of aryl methyl sites for hydroxylation is 3. The molecule has 1 fully saturated rings. The zero-order chi connectivity index (χ0) is 22.1. The highest BCUT2D eigenvalue weighted by atomic mass is 16.3. The summed E-state index contributed by atoms with van der Waals surface area (Å²) in [4.78, 5) is 27.8. The summed E-state index contributed by atoms with van der Waals surface area (Å²) in [5.74, 6) is -1.46. The number of hydrogen-bond donors (Lipinski definition) is 1. The Labute approximate surface area is 182 Å². The molecule has 4 rings (SSSR count). The molecule has 31 heavy (non-hydrogen) atoms. The summed E-state index contributed by atoms with van der Waals surface area (Å²) in [5, 5.41) is 11.1. The topological polar surface area (TPSA) is 57.6 Å².